The van der Waals surface area contributed by atoms with Crippen molar-refractivity contribution in [2.24, 2.45) is 0 Å². The number of hydrogen-bond donors (Lipinski definition) is 2. The SMILES string of the molecule is CNC(=O)CCN(C)C(=O)c1cc2cc(N)ccc2o1. The van der Waals surface area contributed by atoms with E-state index >= 15 is 0 Å². The number of fused-ring (bicyclic) bond motifs is 1. The lowest BCUT2D eigenvalue weighted by Crippen LogP contribution is -2.31. The number of furan rings is 1. The van der Waals surface area contributed by atoms with Gasteiger partial charge in [0.1, 0.15) is 5.58 Å². The smallest absolute Gasteiger partial charge is 0.289 e. The Kier molecular flexibility index (Phi) is 3.93. The summed E-state index contributed by atoms with van der Waals surface area (Å²) in [7, 11) is 3.20. The third kappa shape index (κ3) is 2.90. The maximum Gasteiger partial charge on any atom is 0.289 e. The average Bonchev–Trinajstić information content (AvgIpc) is 2.86. The molecular weight excluding hydrogens is 258 g/mol. The molecule has 106 valence electrons. The second-order valence-electron chi connectivity index (χ2n) is 4.56. The van der Waals surface area contributed by atoms with E-state index < -0.39 is 0 Å². The minimum atomic E-state index is -0.260. The summed E-state index contributed by atoms with van der Waals surface area (Å²) < 4.78 is 5.49. The van der Waals surface area contributed by atoms with Crippen molar-refractivity contribution >= 4 is 28.5 Å². The largest absolute Gasteiger partial charge is 0.451 e. The highest BCUT2D eigenvalue weighted by Crippen LogP contribution is 2.22. The second kappa shape index (κ2) is 5.64. The van der Waals surface area contributed by atoms with Crippen LogP contribution in [0.3, 0.4) is 0 Å². The number of amides is 2. The lowest BCUT2D eigenvalue weighted by atomic mass is 10.2. The van der Waals surface area contributed by atoms with Crippen molar-refractivity contribution < 1.29 is 14.0 Å². The lowest BCUT2D eigenvalue weighted by Gasteiger charge is -2.14. The standard InChI is InChI=1S/C14H17N3O3/c1-16-13(18)5-6-17(2)14(19)12-8-9-7-10(15)3-4-11(9)20-12/h3-4,7-8H,5-6,15H2,1-2H3,(H,16,18). The van der Waals surface area contributed by atoms with Gasteiger partial charge < -0.3 is 20.4 Å². The summed E-state index contributed by atoms with van der Waals surface area (Å²) in [6, 6.07) is 6.85. The van der Waals surface area contributed by atoms with Crippen LogP contribution in [0.25, 0.3) is 11.0 Å². The Hall–Kier alpha value is -2.50. The molecule has 0 aliphatic carbocycles. The van der Waals surface area contributed by atoms with Gasteiger partial charge in [-0.25, -0.2) is 0 Å². The molecule has 6 heteroatoms. The Morgan fingerprint density at radius 1 is 1.35 bits per heavy atom. The normalized spacial score (nSPS) is 10.5. The number of anilines is 1. The molecule has 2 aromatic rings. The predicted molar refractivity (Wildman–Crippen MR) is 76.3 cm³/mol. The zero-order valence-corrected chi connectivity index (χ0v) is 11.5. The summed E-state index contributed by atoms with van der Waals surface area (Å²) in [4.78, 5) is 24.8. The van der Waals surface area contributed by atoms with Crippen LogP contribution in [0.15, 0.2) is 28.7 Å². The first kappa shape index (κ1) is 13.9. The van der Waals surface area contributed by atoms with E-state index in [1.54, 1.807) is 38.4 Å². The molecule has 0 radical (unpaired) electrons. The van der Waals surface area contributed by atoms with Gasteiger partial charge in [0, 0.05) is 38.1 Å². The quantitative estimate of drug-likeness (QED) is 0.821. The van der Waals surface area contributed by atoms with Crippen LogP contribution in [-0.4, -0.2) is 37.4 Å². The summed E-state index contributed by atoms with van der Waals surface area (Å²) in [5.74, 6) is -0.129. The Morgan fingerprint density at radius 3 is 2.80 bits per heavy atom. The van der Waals surface area contributed by atoms with E-state index in [4.69, 9.17) is 10.2 Å². The third-order valence-electron chi connectivity index (χ3n) is 3.05. The molecule has 0 saturated carbocycles. The van der Waals surface area contributed by atoms with Crippen molar-refractivity contribution in [3.05, 3.63) is 30.0 Å². The number of carbonyl (C=O) groups is 2. The first-order valence-corrected chi connectivity index (χ1v) is 6.26. The molecule has 3 N–H and O–H groups in total. The Morgan fingerprint density at radius 2 is 2.10 bits per heavy atom. The molecule has 0 aliphatic rings. The molecule has 0 atom stereocenters. The van der Waals surface area contributed by atoms with Crippen LogP contribution in [0.5, 0.6) is 0 Å². The molecule has 20 heavy (non-hydrogen) atoms. The zero-order chi connectivity index (χ0) is 14.7. The van der Waals surface area contributed by atoms with Gasteiger partial charge in [-0.2, -0.15) is 0 Å². The predicted octanol–water partition coefficient (Wildman–Crippen LogP) is 1.22. The van der Waals surface area contributed by atoms with E-state index in [0.29, 0.717) is 17.8 Å². The molecule has 0 unspecified atom stereocenters. The van der Waals surface area contributed by atoms with Gasteiger partial charge in [0.05, 0.1) is 0 Å². The number of carbonyl (C=O) groups excluding carboxylic acids is 2. The van der Waals surface area contributed by atoms with Crippen molar-refractivity contribution in [1.82, 2.24) is 10.2 Å². The molecule has 2 rings (SSSR count). The zero-order valence-electron chi connectivity index (χ0n) is 11.5. The van der Waals surface area contributed by atoms with Crippen molar-refractivity contribution in [3.8, 4) is 0 Å². The van der Waals surface area contributed by atoms with Crippen LogP contribution >= 0.6 is 0 Å². The van der Waals surface area contributed by atoms with Gasteiger partial charge in [-0.15, -0.1) is 0 Å². The van der Waals surface area contributed by atoms with E-state index in [1.165, 1.54) is 4.90 Å². The fraction of sp³-hybridized carbons (Fsp3) is 0.286. The monoisotopic (exact) mass is 275 g/mol. The van der Waals surface area contributed by atoms with Crippen molar-refractivity contribution in [1.29, 1.82) is 0 Å². The molecule has 2 amide bonds. The maximum atomic E-state index is 12.2. The van der Waals surface area contributed by atoms with E-state index in [2.05, 4.69) is 5.32 Å². The molecular formula is C14H17N3O3. The van der Waals surface area contributed by atoms with E-state index in [0.717, 1.165) is 5.39 Å². The van der Waals surface area contributed by atoms with Gasteiger partial charge >= 0.3 is 0 Å². The maximum absolute atomic E-state index is 12.2. The van der Waals surface area contributed by atoms with Gasteiger partial charge in [-0.05, 0) is 24.3 Å². The van der Waals surface area contributed by atoms with Crippen LogP contribution in [0.2, 0.25) is 0 Å². The number of nitrogens with one attached hydrogen (secondary N) is 1. The number of hydrogen-bond acceptors (Lipinski definition) is 4. The van der Waals surface area contributed by atoms with E-state index in [9.17, 15) is 9.59 Å². The van der Waals surface area contributed by atoms with Crippen LogP contribution < -0.4 is 11.1 Å². The number of nitrogen functional groups attached to an aromatic ring is 1. The minimum Gasteiger partial charge on any atom is -0.451 e. The molecule has 0 spiro atoms. The molecule has 1 aromatic heterocycles. The second-order valence-corrected chi connectivity index (χ2v) is 4.56. The Balaban J connectivity index is 2.12. The minimum absolute atomic E-state index is 0.109. The topological polar surface area (TPSA) is 88.6 Å². The fourth-order valence-electron chi connectivity index (χ4n) is 1.85. The fourth-order valence-corrected chi connectivity index (χ4v) is 1.85. The van der Waals surface area contributed by atoms with Crippen molar-refractivity contribution in [3.63, 3.8) is 0 Å². The number of nitrogens with zero attached hydrogens (tertiary/aromatic N) is 1. The molecule has 0 fully saturated rings. The third-order valence-corrected chi connectivity index (χ3v) is 3.05. The highest BCUT2D eigenvalue weighted by atomic mass is 16.3. The lowest BCUT2D eigenvalue weighted by molar-refractivity contribution is -0.120. The average molecular weight is 275 g/mol. The Labute approximate surface area is 116 Å². The van der Waals surface area contributed by atoms with Gasteiger partial charge in [0.15, 0.2) is 5.76 Å². The Bertz CT molecular complexity index is 648. The van der Waals surface area contributed by atoms with E-state index in [1.807, 2.05) is 0 Å². The highest BCUT2D eigenvalue weighted by molar-refractivity contribution is 5.96. The first-order chi connectivity index (χ1) is 9.51. The van der Waals surface area contributed by atoms with Crippen LogP contribution in [0.4, 0.5) is 5.69 Å². The summed E-state index contributed by atoms with van der Waals surface area (Å²) in [6.07, 6.45) is 0.256. The van der Waals surface area contributed by atoms with Gasteiger partial charge in [0.2, 0.25) is 5.91 Å². The van der Waals surface area contributed by atoms with Crippen LogP contribution in [0, 0.1) is 0 Å². The molecule has 6 nitrogen and oxygen atoms in total. The summed E-state index contributed by atoms with van der Waals surface area (Å²) in [5.41, 5.74) is 6.91. The van der Waals surface area contributed by atoms with Gasteiger partial charge in [-0.3, -0.25) is 9.59 Å². The van der Waals surface area contributed by atoms with E-state index in [-0.39, 0.29) is 24.0 Å². The molecule has 1 aromatic carbocycles. The van der Waals surface area contributed by atoms with Gasteiger partial charge in [-0.1, -0.05) is 0 Å². The van der Waals surface area contributed by atoms with Crippen molar-refractivity contribution in [2.75, 3.05) is 26.4 Å². The molecule has 0 saturated heterocycles. The summed E-state index contributed by atoms with van der Waals surface area (Å²) in [5, 5.41) is 3.30. The first-order valence-electron chi connectivity index (χ1n) is 6.26. The van der Waals surface area contributed by atoms with Crippen LogP contribution in [-0.2, 0) is 4.79 Å². The summed E-state index contributed by atoms with van der Waals surface area (Å²) in [6.45, 7) is 0.331. The summed E-state index contributed by atoms with van der Waals surface area (Å²) >= 11 is 0. The number of rotatable bonds is 4. The molecule has 0 bridgehead atoms. The molecule has 1 heterocycles. The number of benzene rings is 1. The molecule has 0 aliphatic heterocycles. The number of nitrogens with two attached hydrogens (primary N) is 1. The van der Waals surface area contributed by atoms with Crippen LogP contribution in [0.1, 0.15) is 17.0 Å². The van der Waals surface area contributed by atoms with Crippen molar-refractivity contribution in [2.45, 2.75) is 6.42 Å². The van der Waals surface area contributed by atoms with Gasteiger partial charge in [0.25, 0.3) is 5.91 Å². The highest BCUT2D eigenvalue weighted by Gasteiger charge is 2.17.